The maximum atomic E-state index is 13.2. The van der Waals surface area contributed by atoms with Crippen molar-refractivity contribution in [3.8, 4) is 11.5 Å². The van der Waals surface area contributed by atoms with Gasteiger partial charge in [0.1, 0.15) is 11.4 Å². The molecule has 0 saturated heterocycles. The van der Waals surface area contributed by atoms with E-state index in [4.69, 9.17) is 24.5 Å². The summed E-state index contributed by atoms with van der Waals surface area (Å²) in [5, 5.41) is 33.9. The van der Waals surface area contributed by atoms with Crippen LogP contribution in [0.3, 0.4) is 0 Å². The van der Waals surface area contributed by atoms with E-state index in [2.05, 4.69) is 45.1 Å². The summed E-state index contributed by atoms with van der Waals surface area (Å²) in [6.45, 7) is 3.66. The van der Waals surface area contributed by atoms with Crippen LogP contribution < -0.4 is 20.7 Å². The van der Waals surface area contributed by atoms with Gasteiger partial charge in [-0.3, -0.25) is 9.59 Å². The van der Waals surface area contributed by atoms with Gasteiger partial charge in [-0.2, -0.15) is 26.3 Å². The number of carbonyl (C=O) groups is 4. The van der Waals surface area contributed by atoms with Gasteiger partial charge < -0.3 is 40.9 Å². The Balaban J connectivity index is 0.000000543. The van der Waals surface area contributed by atoms with E-state index in [9.17, 15) is 41.0 Å². The molecule has 2 aromatic carbocycles. The lowest BCUT2D eigenvalue weighted by molar-refractivity contribution is -0.193. The Morgan fingerprint density at radius 1 is 0.824 bits per heavy atom. The number of phenolic OH excluding ortho intramolecular Hbond substituents is 1. The minimum Gasteiger partial charge on any atom is -0.506 e. The maximum absolute atomic E-state index is 13.2. The van der Waals surface area contributed by atoms with Crippen LogP contribution in [0.15, 0.2) is 42.5 Å². The number of ether oxygens (including phenoxy) is 1. The second-order valence-corrected chi connectivity index (χ2v) is 11.5. The Labute approximate surface area is 290 Å². The third kappa shape index (κ3) is 15.9. The van der Waals surface area contributed by atoms with Gasteiger partial charge in [-0.25, -0.2) is 9.59 Å². The molecule has 6 N–H and O–H groups in total. The molecular formula is C33H42F6N4O8. The summed E-state index contributed by atoms with van der Waals surface area (Å²) in [4.78, 5) is 44.7. The molecule has 0 bridgehead atoms. The van der Waals surface area contributed by atoms with Crippen molar-refractivity contribution >= 4 is 29.4 Å². The number of carboxylic acids is 2. The van der Waals surface area contributed by atoms with Gasteiger partial charge in [0.15, 0.2) is 12.4 Å². The summed E-state index contributed by atoms with van der Waals surface area (Å²) >= 11 is 0. The first-order chi connectivity index (χ1) is 24.0. The second kappa shape index (κ2) is 20.9. The van der Waals surface area contributed by atoms with E-state index in [0.717, 1.165) is 37.9 Å². The molecule has 2 aromatic rings. The molecule has 2 aliphatic rings. The zero-order valence-corrected chi connectivity index (χ0v) is 27.6. The number of nitrogens with zero attached hydrogens (tertiary/aromatic N) is 1. The van der Waals surface area contributed by atoms with Crippen molar-refractivity contribution in [1.29, 1.82) is 0 Å². The predicted octanol–water partition coefficient (Wildman–Crippen LogP) is 4.51. The Morgan fingerprint density at radius 2 is 1.39 bits per heavy atom. The fourth-order valence-electron chi connectivity index (χ4n) is 5.20. The number of carbonyl (C=O) groups excluding carboxylic acids is 2. The molecule has 0 radical (unpaired) electrons. The number of halogens is 6. The monoisotopic (exact) mass is 736 g/mol. The molecule has 1 fully saturated rings. The Morgan fingerprint density at radius 3 is 1.98 bits per heavy atom. The topological polar surface area (TPSA) is 178 Å². The van der Waals surface area contributed by atoms with Crippen molar-refractivity contribution in [2.24, 2.45) is 0 Å². The van der Waals surface area contributed by atoms with Crippen LogP contribution in [-0.4, -0.2) is 102 Å². The highest BCUT2D eigenvalue weighted by atomic mass is 19.4. The minimum absolute atomic E-state index is 0.0101. The van der Waals surface area contributed by atoms with Crippen molar-refractivity contribution in [2.45, 2.75) is 69.8 Å². The molecule has 51 heavy (non-hydrogen) atoms. The molecule has 1 heterocycles. The van der Waals surface area contributed by atoms with E-state index < -0.39 is 24.3 Å². The summed E-state index contributed by atoms with van der Waals surface area (Å²) in [6.07, 6.45) is -2.15. The quantitative estimate of drug-likeness (QED) is 0.0975. The van der Waals surface area contributed by atoms with E-state index in [0.29, 0.717) is 50.0 Å². The molecular weight excluding hydrogens is 694 g/mol. The predicted molar refractivity (Wildman–Crippen MR) is 172 cm³/mol. The van der Waals surface area contributed by atoms with Crippen LogP contribution >= 0.6 is 0 Å². The van der Waals surface area contributed by atoms with Crippen LogP contribution in [0, 0.1) is 0 Å². The molecule has 12 nitrogen and oxygen atoms in total. The molecule has 1 aliphatic heterocycles. The average molecular weight is 737 g/mol. The zero-order chi connectivity index (χ0) is 38.0. The van der Waals surface area contributed by atoms with E-state index in [1.165, 1.54) is 24.8 Å². The van der Waals surface area contributed by atoms with Crippen molar-refractivity contribution in [1.82, 2.24) is 15.5 Å². The Hall–Kier alpha value is -4.58. The summed E-state index contributed by atoms with van der Waals surface area (Å²) < 4.78 is 69.0. The number of rotatable bonds is 13. The van der Waals surface area contributed by atoms with Crippen LogP contribution in [0.1, 0.15) is 49.7 Å². The van der Waals surface area contributed by atoms with Crippen molar-refractivity contribution in [3.05, 3.63) is 53.6 Å². The third-order valence-electron chi connectivity index (χ3n) is 7.70. The van der Waals surface area contributed by atoms with Crippen LogP contribution in [0.4, 0.5) is 32.0 Å². The SMILES string of the molecule is O=C(O)C(F)(F)F.O=C(O)C(F)(F)F.O=C1COc2c(CCNCCN(C(=O)CCNCCc3ccccc3)C3CCCCC3)ccc(O)c2N1. The van der Waals surface area contributed by atoms with Crippen LogP contribution in [-0.2, 0) is 32.0 Å². The van der Waals surface area contributed by atoms with Gasteiger partial charge in [0.25, 0.3) is 5.91 Å². The normalized spacial score (nSPS) is 14.4. The number of amides is 2. The molecule has 4 rings (SSSR count). The zero-order valence-electron chi connectivity index (χ0n) is 27.6. The highest BCUT2D eigenvalue weighted by molar-refractivity contribution is 5.97. The molecule has 0 spiro atoms. The van der Waals surface area contributed by atoms with Crippen molar-refractivity contribution in [2.75, 3.05) is 44.6 Å². The number of anilines is 1. The summed E-state index contributed by atoms with van der Waals surface area (Å²) in [7, 11) is 0. The van der Waals surface area contributed by atoms with E-state index in [-0.39, 0.29) is 24.2 Å². The van der Waals surface area contributed by atoms with Crippen LogP contribution in [0.25, 0.3) is 0 Å². The number of hydrogen-bond donors (Lipinski definition) is 6. The van der Waals surface area contributed by atoms with Crippen molar-refractivity contribution in [3.63, 3.8) is 0 Å². The van der Waals surface area contributed by atoms with Gasteiger partial charge in [-0.1, -0.05) is 55.7 Å². The molecule has 0 atom stereocenters. The fourth-order valence-corrected chi connectivity index (χ4v) is 5.20. The lowest BCUT2D eigenvalue weighted by atomic mass is 9.94. The Bertz CT molecular complexity index is 1400. The third-order valence-corrected chi connectivity index (χ3v) is 7.70. The number of aromatic hydroxyl groups is 1. The molecule has 0 unspecified atom stereocenters. The van der Waals surface area contributed by atoms with Crippen molar-refractivity contribution < 1.29 is 65.6 Å². The summed E-state index contributed by atoms with van der Waals surface area (Å²) in [5.74, 6) is -4.99. The van der Waals surface area contributed by atoms with Gasteiger partial charge in [-0.15, -0.1) is 0 Å². The van der Waals surface area contributed by atoms with E-state index in [1.54, 1.807) is 6.07 Å². The van der Waals surface area contributed by atoms with Gasteiger partial charge in [0.2, 0.25) is 5.91 Å². The molecule has 0 aromatic heterocycles. The highest BCUT2D eigenvalue weighted by Crippen LogP contribution is 2.39. The average Bonchev–Trinajstić information content (AvgIpc) is 3.07. The summed E-state index contributed by atoms with van der Waals surface area (Å²) in [6, 6.07) is 14.2. The number of phenols is 1. The fraction of sp³-hybridized carbons (Fsp3) is 0.515. The molecule has 1 saturated carbocycles. The second-order valence-electron chi connectivity index (χ2n) is 11.5. The maximum Gasteiger partial charge on any atom is 0.490 e. The minimum atomic E-state index is -5.08. The smallest absolute Gasteiger partial charge is 0.490 e. The van der Waals surface area contributed by atoms with Gasteiger partial charge in [0.05, 0.1) is 0 Å². The highest BCUT2D eigenvalue weighted by Gasteiger charge is 2.39. The van der Waals surface area contributed by atoms with Crippen LogP contribution in [0.2, 0.25) is 0 Å². The number of aliphatic carboxylic acids is 2. The van der Waals surface area contributed by atoms with E-state index in [1.807, 2.05) is 12.1 Å². The van der Waals surface area contributed by atoms with E-state index >= 15 is 0 Å². The van der Waals surface area contributed by atoms with Gasteiger partial charge in [0, 0.05) is 32.1 Å². The molecule has 1 aliphatic carbocycles. The number of fused-ring (bicyclic) bond motifs is 1. The lowest BCUT2D eigenvalue weighted by Crippen LogP contribution is -2.45. The number of hydrogen-bond acceptors (Lipinski definition) is 8. The van der Waals surface area contributed by atoms with Gasteiger partial charge >= 0.3 is 24.3 Å². The number of nitrogens with one attached hydrogen (secondary N) is 3. The first-order valence-corrected chi connectivity index (χ1v) is 16.1. The number of alkyl halides is 6. The molecule has 2 amide bonds. The Kier molecular flexibility index (Phi) is 17.5. The lowest BCUT2D eigenvalue weighted by Gasteiger charge is -2.34. The molecule has 18 heteroatoms. The number of carboxylic acid groups (broad SMARTS) is 2. The molecule has 284 valence electrons. The first kappa shape index (κ1) is 42.6. The van der Waals surface area contributed by atoms with Crippen LogP contribution in [0.5, 0.6) is 11.5 Å². The van der Waals surface area contributed by atoms with Gasteiger partial charge in [-0.05, 0) is 56.0 Å². The first-order valence-electron chi connectivity index (χ1n) is 16.1. The standard InChI is InChI=1S/C29H40N4O4.2C2HF3O2/c34-25-12-11-23(29-28(25)32-26(35)21-37-29)14-17-31-19-20-33(24-9-5-2-6-10-24)27(36)15-18-30-16-13-22-7-3-1-4-8-22;2*3-2(4,5)1(6)7/h1,3-4,7-8,11-12,24,30-31,34H,2,5-6,9-10,13-21H2,(H,32,35);2*(H,6,7). The summed E-state index contributed by atoms with van der Waals surface area (Å²) in [5.41, 5.74) is 2.59. The largest absolute Gasteiger partial charge is 0.506 e. The number of benzene rings is 2.